The van der Waals surface area contributed by atoms with Crippen molar-refractivity contribution in [2.45, 2.75) is 0 Å². The lowest BCUT2D eigenvalue weighted by molar-refractivity contribution is 0.397. The van der Waals surface area contributed by atoms with Gasteiger partial charge in [-0.25, -0.2) is 4.98 Å². The average Bonchev–Trinajstić information content (AvgIpc) is 1.94. The smallest absolute Gasteiger partial charge is 0.233 e. The Kier molecular flexibility index (Phi) is 2.51. The SMILES string of the molecule is COc1nc(Br)ccc1Cl. The predicted octanol–water partition coefficient (Wildman–Crippen LogP) is 2.51. The van der Waals surface area contributed by atoms with E-state index in [-0.39, 0.29) is 0 Å². The summed E-state index contributed by atoms with van der Waals surface area (Å²) >= 11 is 8.88. The Morgan fingerprint density at radius 1 is 1.60 bits per heavy atom. The number of aromatic nitrogens is 1. The lowest BCUT2D eigenvalue weighted by Gasteiger charge is -1.99. The Morgan fingerprint density at radius 3 is 2.80 bits per heavy atom. The molecule has 0 amide bonds. The fourth-order valence-electron chi connectivity index (χ4n) is 0.544. The standard InChI is InChI=1S/C6H5BrClNO/c1-10-6-4(8)2-3-5(7)9-6/h2-3H,1H3. The van der Waals surface area contributed by atoms with Gasteiger partial charge >= 0.3 is 0 Å². The van der Waals surface area contributed by atoms with Gasteiger partial charge in [0.05, 0.1) is 7.11 Å². The molecule has 0 spiro atoms. The highest BCUT2D eigenvalue weighted by Crippen LogP contribution is 2.22. The van der Waals surface area contributed by atoms with E-state index >= 15 is 0 Å². The first-order chi connectivity index (χ1) is 4.74. The van der Waals surface area contributed by atoms with Crippen LogP contribution in [0.15, 0.2) is 16.7 Å². The van der Waals surface area contributed by atoms with Crippen LogP contribution in [0, 0.1) is 0 Å². The quantitative estimate of drug-likeness (QED) is 0.681. The number of nitrogens with zero attached hydrogens (tertiary/aromatic N) is 1. The number of halogens is 2. The molecule has 4 heteroatoms. The minimum atomic E-state index is 0.441. The fourth-order valence-corrected chi connectivity index (χ4v) is 1.02. The molecule has 0 N–H and O–H groups in total. The van der Waals surface area contributed by atoms with Crippen LogP contribution in [-0.4, -0.2) is 12.1 Å². The minimum absolute atomic E-state index is 0.441. The lowest BCUT2D eigenvalue weighted by Crippen LogP contribution is -1.87. The normalized spacial score (nSPS) is 9.50. The molecular formula is C6H5BrClNO. The summed E-state index contributed by atoms with van der Waals surface area (Å²) in [6, 6.07) is 3.47. The number of pyridine rings is 1. The van der Waals surface area contributed by atoms with E-state index < -0.39 is 0 Å². The molecule has 0 bridgehead atoms. The lowest BCUT2D eigenvalue weighted by atomic mass is 10.5. The number of hydrogen-bond donors (Lipinski definition) is 0. The molecule has 0 aromatic carbocycles. The fraction of sp³-hybridized carbons (Fsp3) is 0.167. The molecule has 0 radical (unpaired) electrons. The molecule has 1 rings (SSSR count). The number of ether oxygens (including phenoxy) is 1. The van der Waals surface area contributed by atoms with E-state index in [1.807, 2.05) is 0 Å². The highest BCUT2D eigenvalue weighted by Gasteiger charge is 2.00. The Balaban J connectivity index is 3.09. The summed E-state index contributed by atoms with van der Waals surface area (Å²) in [5.74, 6) is 0.441. The average molecular weight is 222 g/mol. The molecule has 10 heavy (non-hydrogen) atoms. The van der Waals surface area contributed by atoms with Crippen LogP contribution < -0.4 is 4.74 Å². The molecule has 0 aliphatic rings. The zero-order valence-corrected chi connectivity index (χ0v) is 7.61. The van der Waals surface area contributed by atoms with Crippen LogP contribution in [0.25, 0.3) is 0 Å². The van der Waals surface area contributed by atoms with Crippen LogP contribution in [0.2, 0.25) is 5.02 Å². The van der Waals surface area contributed by atoms with E-state index in [2.05, 4.69) is 20.9 Å². The van der Waals surface area contributed by atoms with Gasteiger partial charge in [0.25, 0.3) is 0 Å². The van der Waals surface area contributed by atoms with Gasteiger partial charge in [-0.15, -0.1) is 0 Å². The molecule has 0 unspecified atom stereocenters. The highest BCUT2D eigenvalue weighted by molar-refractivity contribution is 9.10. The van der Waals surface area contributed by atoms with Crippen molar-refractivity contribution in [2.75, 3.05) is 7.11 Å². The van der Waals surface area contributed by atoms with E-state index in [9.17, 15) is 0 Å². The van der Waals surface area contributed by atoms with Crippen LogP contribution in [0.4, 0.5) is 0 Å². The van der Waals surface area contributed by atoms with Crippen LogP contribution >= 0.6 is 27.5 Å². The second-order valence-corrected chi connectivity index (χ2v) is 2.84. The number of methoxy groups -OCH3 is 1. The molecular weight excluding hydrogens is 217 g/mol. The molecule has 1 aromatic heterocycles. The van der Waals surface area contributed by atoms with Crippen LogP contribution in [0.3, 0.4) is 0 Å². The van der Waals surface area contributed by atoms with E-state index in [1.54, 1.807) is 12.1 Å². The van der Waals surface area contributed by atoms with Crippen molar-refractivity contribution in [1.82, 2.24) is 4.98 Å². The van der Waals surface area contributed by atoms with Crippen molar-refractivity contribution in [3.05, 3.63) is 21.8 Å². The van der Waals surface area contributed by atoms with E-state index in [0.717, 1.165) is 0 Å². The van der Waals surface area contributed by atoms with Crippen molar-refractivity contribution in [2.24, 2.45) is 0 Å². The molecule has 0 saturated carbocycles. The second kappa shape index (κ2) is 3.21. The van der Waals surface area contributed by atoms with Gasteiger partial charge < -0.3 is 4.74 Å². The number of hydrogen-bond acceptors (Lipinski definition) is 2. The maximum absolute atomic E-state index is 5.69. The molecule has 0 saturated heterocycles. The third-order valence-electron chi connectivity index (χ3n) is 0.973. The highest BCUT2D eigenvalue weighted by atomic mass is 79.9. The van der Waals surface area contributed by atoms with Crippen LogP contribution in [0.1, 0.15) is 0 Å². The molecule has 0 fully saturated rings. The van der Waals surface area contributed by atoms with Crippen molar-refractivity contribution in [1.29, 1.82) is 0 Å². The van der Waals surface area contributed by atoms with Gasteiger partial charge in [-0.2, -0.15) is 0 Å². The molecule has 1 aromatic rings. The van der Waals surface area contributed by atoms with Crippen molar-refractivity contribution < 1.29 is 4.74 Å². The van der Waals surface area contributed by atoms with Crippen LogP contribution in [-0.2, 0) is 0 Å². The molecule has 1 heterocycles. The van der Waals surface area contributed by atoms with Crippen LogP contribution in [0.5, 0.6) is 5.88 Å². The largest absolute Gasteiger partial charge is 0.480 e. The zero-order valence-electron chi connectivity index (χ0n) is 5.27. The van der Waals surface area contributed by atoms with Gasteiger partial charge in [0.15, 0.2) is 0 Å². The monoisotopic (exact) mass is 221 g/mol. The topological polar surface area (TPSA) is 22.1 Å². The van der Waals surface area contributed by atoms with Crippen molar-refractivity contribution >= 4 is 27.5 Å². The first-order valence-electron chi connectivity index (χ1n) is 2.60. The van der Waals surface area contributed by atoms with E-state index in [1.165, 1.54) is 7.11 Å². The molecule has 0 atom stereocenters. The first kappa shape index (κ1) is 7.82. The maximum atomic E-state index is 5.69. The van der Waals surface area contributed by atoms with E-state index in [4.69, 9.17) is 16.3 Å². The number of rotatable bonds is 1. The first-order valence-corrected chi connectivity index (χ1v) is 3.77. The summed E-state index contributed by atoms with van der Waals surface area (Å²) < 4.78 is 5.57. The molecule has 54 valence electrons. The van der Waals surface area contributed by atoms with Crippen molar-refractivity contribution in [3.63, 3.8) is 0 Å². The minimum Gasteiger partial charge on any atom is -0.480 e. The second-order valence-electron chi connectivity index (χ2n) is 1.63. The van der Waals surface area contributed by atoms with E-state index in [0.29, 0.717) is 15.5 Å². The zero-order chi connectivity index (χ0) is 7.56. The van der Waals surface area contributed by atoms with Crippen molar-refractivity contribution in [3.8, 4) is 5.88 Å². The summed E-state index contributed by atoms with van der Waals surface area (Å²) in [6.45, 7) is 0. The Morgan fingerprint density at radius 2 is 2.30 bits per heavy atom. The van der Waals surface area contributed by atoms with Gasteiger partial charge in [-0.3, -0.25) is 0 Å². The van der Waals surface area contributed by atoms with Gasteiger partial charge in [0.2, 0.25) is 5.88 Å². The summed E-state index contributed by atoms with van der Waals surface area (Å²) in [4.78, 5) is 3.95. The Labute approximate surface area is 72.3 Å². The molecule has 0 aliphatic heterocycles. The summed E-state index contributed by atoms with van der Waals surface area (Å²) in [5, 5.41) is 0.519. The summed E-state index contributed by atoms with van der Waals surface area (Å²) in [6.07, 6.45) is 0. The molecule has 0 aliphatic carbocycles. The van der Waals surface area contributed by atoms with Gasteiger partial charge in [0, 0.05) is 0 Å². The van der Waals surface area contributed by atoms with Gasteiger partial charge in [0.1, 0.15) is 9.63 Å². The maximum Gasteiger partial charge on any atom is 0.233 e. The van der Waals surface area contributed by atoms with Gasteiger partial charge in [-0.05, 0) is 28.1 Å². The predicted molar refractivity (Wildman–Crippen MR) is 43.5 cm³/mol. The third kappa shape index (κ3) is 1.61. The Hall–Kier alpha value is -0.280. The summed E-state index contributed by atoms with van der Waals surface area (Å²) in [7, 11) is 1.53. The Bertz CT molecular complexity index is 241. The third-order valence-corrected chi connectivity index (χ3v) is 1.70. The van der Waals surface area contributed by atoms with Gasteiger partial charge in [-0.1, -0.05) is 11.6 Å². The molecule has 2 nitrogen and oxygen atoms in total. The summed E-state index contributed by atoms with van der Waals surface area (Å²) in [5.41, 5.74) is 0.